The second-order valence-corrected chi connectivity index (χ2v) is 9.68. The van der Waals surface area contributed by atoms with Crippen molar-refractivity contribution in [2.75, 3.05) is 50.8 Å². The molecular weight excluding hydrogens is 420 g/mol. The van der Waals surface area contributed by atoms with Crippen LogP contribution in [0.2, 0.25) is 0 Å². The van der Waals surface area contributed by atoms with Gasteiger partial charge in [-0.15, -0.1) is 0 Å². The minimum Gasteiger partial charge on any atom is -0.395 e. The van der Waals surface area contributed by atoms with E-state index in [2.05, 4.69) is 37.7 Å². The van der Waals surface area contributed by atoms with Gasteiger partial charge in [0.1, 0.15) is 0 Å². The number of nitrogens with one attached hydrogen (secondary N) is 2. The molecule has 2 aromatic rings. The second kappa shape index (κ2) is 9.40. The van der Waals surface area contributed by atoms with Crippen molar-refractivity contribution in [2.24, 2.45) is 13.0 Å². The molecule has 3 saturated heterocycles. The molecule has 0 aliphatic carbocycles. The lowest BCUT2D eigenvalue weighted by Crippen LogP contribution is -2.56. The van der Waals surface area contributed by atoms with Crippen LogP contribution in [0.5, 0.6) is 0 Å². The highest BCUT2D eigenvalue weighted by molar-refractivity contribution is 6.02. The Hall–Kier alpha value is -2.49. The van der Waals surface area contributed by atoms with Gasteiger partial charge in [0.25, 0.3) is 0 Å². The van der Waals surface area contributed by atoms with E-state index in [4.69, 9.17) is 0 Å². The van der Waals surface area contributed by atoms with E-state index >= 15 is 0 Å². The fraction of sp³-hybridized carbons (Fsp3) is 0.625. The van der Waals surface area contributed by atoms with Crippen molar-refractivity contribution in [2.45, 2.75) is 37.6 Å². The number of rotatable bonds is 5. The van der Waals surface area contributed by atoms with Crippen LogP contribution in [0.3, 0.4) is 0 Å². The average Bonchev–Trinajstić information content (AvgIpc) is 3.15. The molecule has 0 saturated carbocycles. The van der Waals surface area contributed by atoms with E-state index in [0.717, 1.165) is 61.6 Å². The zero-order chi connectivity index (χ0) is 22.9. The van der Waals surface area contributed by atoms with E-state index in [1.807, 2.05) is 17.8 Å². The number of aryl methyl sites for hydroxylation is 1. The number of hydrogen-bond acceptors (Lipinski definition) is 7. The molecule has 178 valence electrons. The van der Waals surface area contributed by atoms with E-state index in [1.54, 1.807) is 0 Å². The summed E-state index contributed by atoms with van der Waals surface area (Å²) in [4.78, 5) is 28.7. The van der Waals surface area contributed by atoms with Crippen LogP contribution in [0.4, 0.5) is 5.69 Å². The number of piperazine rings is 1. The summed E-state index contributed by atoms with van der Waals surface area (Å²) in [5, 5.41) is 21.6. The number of carbonyl (C=O) groups is 2. The first-order valence-corrected chi connectivity index (χ1v) is 12.1. The summed E-state index contributed by atoms with van der Waals surface area (Å²) >= 11 is 0. The molecule has 9 nitrogen and oxygen atoms in total. The Morgan fingerprint density at radius 3 is 2.73 bits per heavy atom. The van der Waals surface area contributed by atoms with Gasteiger partial charge in [0.2, 0.25) is 11.8 Å². The third-order valence-corrected chi connectivity index (χ3v) is 7.56. The Kier molecular flexibility index (Phi) is 6.36. The second-order valence-electron chi connectivity index (χ2n) is 9.68. The molecule has 9 heteroatoms. The number of nitrogens with zero attached hydrogens (tertiary/aromatic N) is 4. The van der Waals surface area contributed by atoms with Gasteiger partial charge in [0, 0.05) is 50.7 Å². The zero-order valence-corrected chi connectivity index (χ0v) is 19.3. The SMILES string of the molecule is Cn1nc(C2CCC(=O)NC2=O)c2ccc(N3CCN(CC4CCNCC4)C(CO)C3)cc21. The summed E-state index contributed by atoms with van der Waals surface area (Å²) < 4.78 is 1.83. The van der Waals surface area contributed by atoms with Crippen LogP contribution in [0.1, 0.15) is 37.3 Å². The summed E-state index contributed by atoms with van der Waals surface area (Å²) in [6, 6.07) is 6.41. The molecule has 0 spiro atoms. The third kappa shape index (κ3) is 4.49. The summed E-state index contributed by atoms with van der Waals surface area (Å²) in [5.74, 6) is -0.152. The topological polar surface area (TPSA) is 103 Å². The Bertz CT molecular complexity index is 1030. The van der Waals surface area contributed by atoms with Gasteiger partial charge in [-0.3, -0.25) is 24.5 Å². The number of imide groups is 1. The first kappa shape index (κ1) is 22.3. The molecular formula is C24H34N6O3. The number of carbonyl (C=O) groups excluding carboxylic acids is 2. The van der Waals surface area contributed by atoms with Crippen molar-refractivity contribution in [3.63, 3.8) is 0 Å². The van der Waals surface area contributed by atoms with Crippen molar-refractivity contribution in [1.29, 1.82) is 0 Å². The minimum absolute atomic E-state index is 0.134. The largest absolute Gasteiger partial charge is 0.395 e. The maximum absolute atomic E-state index is 12.4. The monoisotopic (exact) mass is 454 g/mol. The molecule has 0 radical (unpaired) electrons. The number of aliphatic hydroxyl groups is 1. The van der Waals surface area contributed by atoms with Crippen LogP contribution in [-0.4, -0.2) is 83.5 Å². The van der Waals surface area contributed by atoms with Gasteiger partial charge < -0.3 is 15.3 Å². The average molecular weight is 455 g/mol. The number of piperidine rings is 2. The fourth-order valence-electron chi connectivity index (χ4n) is 5.62. The lowest BCUT2D eigenvalue weighted by molar-refractivity contribution is -0.134. The van der Waals surface area contributed by atoms with Gasteiger partial charge in [-0.1, -0.05) is 0 Å². The molecule has 3 aliphatic heterocycles. The first-order chi connectivity index (χ1) is 16.0. The maximum Gasteiger partial charge on any atom is 0.235 e. The Morgan fingerprint density at radius 2 is 1.97 bits per heavy atom. The fourth-order valence-corrected chi connectivity index (χ4v) is 5.62. The maximum atomic E-state index is 12.4. The third-order valence-electron chi connectivity index (χ3n) is 7.56. The van der Waals surface area contributed by atoms with Gasteiger partial charge in [0.05, 0.1) is 29.8 Å². The molecule has 1 aromatic heterocycles. The number of fused-ring (bicyclic) bond motifs is 1. The van der Waals surface area contributed by atoms with Crippen molar-refractivity contribution in [1.82, 2.24) is 25.3 Å². The number of aliphatic hydroxyl groups excluding tert-OH is 1. The molecule has 3 aliphatic rings. The molecule has 33 heavy (non-hydrogen) atoms. The first-order valence-electron chi connectivity index (χ1n) is 12.1. The van der Waals surface area contributed by atoms with E-state index in [1.165, 1.54) is 12.8 Å². The minimum atomic E-state index is -0.394. The van der Waals surface area contributed by atoms with Crippen molar-refractivity contribution >= 4 is 28.4 Å². The highest BCUT2D eigenvalue weighted by Crippen LogP contribution is 2.33. The van der Waals surface area contributed by atoms with Crippen molar-refractivity contribution in [3.05, 3.63) is 23.9 Å². The normalized spacial score (nSPS) is 25.6. The van der Waals surface area contributed by atoms with Gasteiger partial charge in [-0.25, -0.2) is 0 Å². The smallest absolute Gasteiger partial charge is 0.235 e. The highest BCUT2D eigenvalue weighted by Gasteiger charge is 2.32. The molecule has 4 heterocycles. The summed E-state index contributed by atoms with van der Waals surface area (Å²) in [6.07, 6.45) is 3.27. The van der Waals surface area contributed by atoms with Crippen molar-refractivity contribution in [3.8, 4) is 0 Å². The molecule has 2 atom stereocenters. The molecule has 2 unspecified atom stereocenters. The lowest BCUT2D eigenvalue weighted by atomic mass is 9.92. The summed E-state index contributed by atoms with van der Waals surface area (Å²) in [6.45, 7) is 6.08. The standard InChI is InChI=1S/C24H34N6O3/c1-28-21-12-17(2-3-19(21)23(27-28)20-4-5-22(32)26-24(20)33)30-11-10-29(18(14-30)15-31)13-16-6-8-25-9-7-16/h2-3,12,16,18,20,25,31H,4-11,13-15H2,1H3,(H,26,32,33). The number of anilines is 1. The Balaban J connectivity index is 1.32. The van der Waals surface area contributed by atoms with Crippen LogP contribution in [-0.2, 0) is 16.6 Å². The molecule has 2 amide bonds. The van der Waals surface area contributed by atoms with Crippen LogP contribution in [0.25, 0.3) is 10.9 Å². The predicted molar refractivity (Wildman–Crippen MR) is 126 cm³/mol. The van der Waals surface area contributed by atoms with Gasteiger partial charge in [-0.2, -0.15) is 5.10 Å². The predicted octanol–water partition coefficient (Wildman–Crippen LogP) is 0.576. The molecule has 1 aromatic carbocycles. The van der Waals surface area contributed by atoms with Crippen LogP contribution >= 0.6 is 0 Å². The Labute approximate surface area is 194 Å². The number of benzene rings is 1. The quantitative estimate of drug-likeness (QED) is 0.568. The number of aromatic nitrogens is 2. The van der Waals surface area contributed by atoms with Gasteiger partial charge >= 0.3 is 0 Å². The molecule has 3 N–H and O–H groups in total. The zero-order valence-electron chi connectivity index (χ0n) is 19.3. The molecule has 3 fully saturated rings. The van der Waals surface area contributed by atoms with Crippen LogP contribution < -0.4 is 15.5 Å². The number of hydrogen-bond donors (Lipinski definition) is 3. The summed E-state index contributed by atoms with van der Waals surface area (Å²) in [5.41, 5.74) is 2.83. The van der Waals surface area contributed by atoms with E-state index in [0.29, 0.717) is 18.8 Å². The van der Waals surface area contributed by atoms with Gasteiger partial charge in [0.15, 0.2) is 0 Å². The summed E-state index contributed by atoms with van der Waals surface area (Å²) in [7, 11) is 1.90. The highest BCUT2D eigenvalue weighted by atomic mass is 16.3. The Morgan fingerprint density at radius 1 is 1.15 bits per heavy atom. The molecule has 5 rings (SSSR count). The van der Waals surface area contributed by atoms with Crippen LogP contribution in [0, 0.1) is 5.92 Å². The number of amides is 2. The lowest BCUT2D eigenvalue weighted by Gasteiger charge is -2.43. The van der Waals surface area contributed by atoms with Gasteiger partial charge in [-0.05, 0) is 56.5 Å². The van der Waals surface area contributed by atoms with E-state index < -0.39 is 5.92 Å². The van der Waals surface area contributed by atoms with Crippen LogP contribution in [0.15, 0.2) is 18.2 Å². The molecule has 0 bridgehead atoms. The van der Waals surface area contributed by atoms with E-state index in [-0.39, 0.29) is 24.5 Å². The van der Waals surface area contributed by atoms with E-state index in [9.17, 15) is 14.7 Å². The van der Waals surface area contributed by atoms with Crippen molar-refractivity contribution < 1.29 is 14.7 Å².